The molecular formula is C50H93NO5. The van der Waals surface area contributed by atoms with Crippen LogP contribution in [0.4, 0.5) is 0 Å². The molecule has 6 nitrogen and oxygen atoms in total. The fourth-order valence-electron chi connectivity index (χ4n) is 7.14. The molecule has 6 heteroatoms. The first kappa shape index (κ1) is 54.3. The summed E-state index contributed by atoms with van der Waals surface area (Å²) in [6.45, 7) is 4.00. The monoisotopic (exact) mass is 788 g/mol. The molecule has 0 bridgehead atoms. The normalized spacial score (nSPS) is 14.5. The third-order valence-electron chi connectivity index (χ3n) is 11.0. The van der Waals surface area contributed by atoms with Crippen LogP contribution in [0.5, 0.6) is 0 Å². The van der Waals surface area contributed by atoms with E-state index < -0.39 is 36.9 Å². The van der Waals surface area contributed by atoms with Crippen molar-refractivity contribution in [2.45, 2.75) is 257 Å². The zero-order valence-corrected chi connectivity index (χ0v) is 36.9. The number of allylic oxidation sites excluding steroid dienone is 8. The van der Waals surface area contributed by atoms with E-state index in [0.717, 1.165) is 70.6 Å². The third kappa shape index (κ3) is 37.8. The molecule has 0 radical (unpaired) electrons. The number of carbonyl (C=O) groups is 1. The molecule has 56 heavy (non-hydrogen) atoms. The largest absolute Gasteiger partial charge is 0.394 e. The highest BCUT2D eigenvalue weighted by Crippen LogP contribution is 2.15. The lowest BCUT2D eigenvalue weighted by Gasteiger charge is -2.27. The Labute approximate surface area is 347 Å². The second-order valence-corrected chi connectivity index (χ2v) is 16.4. The first-order chi connectivity index (χ1) is 27.5. The molecule has 0 aromatic rings. The molecule has 5 N–H and O–H groups in total. The van der Waals surface area contributed by atoms with Gasteiger partial charge in [-0.15, -0.1) is 0 Å². The van der Waals surface area contributed by atoms with Gasteiger partial charge < -0.3 is 25.7 Å². The molecule has 0 aromatic heterocycles. The summed E-state index contributed by atoms with van der Waals surface area (Å²) in [6, 6.07) is -1.02. The minimum absolute atomic E-state index is 0.342. The molecule has 0 aliphatic carbocycles. The van der Waals surface area contributed by atoms with Crippen molar-refractivity contribution in [3.8, 4) is 0 Å². The van der Waals surface area contributed by atoms with Crippen LogP contribution in [0.3, 0.4) is 0 Å². The summed E-state index contributed by atoms with van der Waals surface area (Å²) in [5.41, 5.74) is 0. The summed E-state index contributed by atoms with van der Waals surface area (Å²) in [5, 5.41) is 43.6. The van der Waals surface area contributed by atoms with E-state index in [1.54, 1.807) is 0 Å². The Kier molecular flexibility index (Phi) is 43.0. The highest BCUT2D eigenvalue weighted by molar-refractivity contribution is 5.80. The number of aliphatic hydroxyl groups is 4. The maximum atomic E-state index is 12.5. The van der Waals surface area contributed by atoms with Crippen molar-refractivity contribution in [2.75, 3.05) is 6.61 Å². The van der Waals surface area contributed by atoms with Gasteiger partial charge in [0.15, 0.2) is 0 Å². The van der Waals surface area contributed by atoms with E-state index in [0.29, 0.717) is 19.3 Å². The number of carbonyl (C=O) groups excluding carboxylic acids is 1. The van der Waals surface area contributed by atoms with Crippen molar-refractivity contribution in [1.29, 1.82) is 0 Å². The van der Waals surface area contributed by atoms with E-state index in [-0.39, 0.29) is 0 Å². The Morgan fingerprint density at radius 2 is 0.750 bits per heavy atom. The van der Waals surface area contributed by atoms with Gasteiger partial charge in [-0.2, -0.15) is 0 Å². The molecule has 4 atom stereocenters. The van der Waals surface area contributed by atoms with Gasteiger partial charge in [0.1, 0.15) is 12.2 Å². The van der Waals surface area contributed by atoms with Crippen molar-refractivity contribution in [2.24, 2.45) is 0 Å². The second-order valence-electron chi connectivity index (χ2n) is 16.4. The molecule has 0 spiro atoms. The molecule has 328 valence electrons. The number of hydrogen-bond donors (Lipinski definition) is 5. The average molecular weight is 788 g/mol. The summed E-state index contributed by atoms with van der Waals surface area (Å²) in [6.07, 6.45) is 54.6. The molecule has 0 aliphatic rings. The Balaban J connectivity index is 3.73. The van der Waals surface area contributed by atoms with Gasteiger partial charge in [0, 0.05) is 0 Å². The van der Waals surface area contributed by atoms with Crippen LogP contribution < -0.4 is 5.32 Å². The number of nitrogens with one attached hydrogen (secondary N) is 1. The van der Waals surface area contributed by atoms with E-state index in [1.165, 1.54) is 128 Å². The van der Waals surface area contributed by atoms with Crippen LogP contribution in [0, 0.1) is 0 Å². The Bertz CT molecular complexity index is 930. The van der Waals surface area contributed by atoms with Crippen molar-refractivity contribution in [3.63, 3.8) is 0 Å². The van der Waals surface area contributed by atoms with Crippen LogP contribution in [-0.4, -0.2) is 57.3 Å². The van der Waals surface area contributed by atoms with Crippen LogP contribution >= 0.6 is 0 Å². The first-order valence-electron chi connectivity index (χ1n) is 24.0. The van der Waals surface area contributed by atoms with Gasteiger partial charge >= 0.3 is 0 Å². The van der Waals surface area contributed by atoms with E-state index in [1.807, 2.05) is 0 Å². The SMILES string of the molecule is CCCCC/C=C\CCCCCCC(O)C(=O)NC(CO)C(O)C(O)CCC/C=C/CC/C=C/CC/C=C/CCCCCCCCCCCCCCCCCC. The minimum atomic E-state index is -1.30. The predicted octanol–water partition coefficient (Wildman–Crippen LogP) is 13.1. The van der Waals surface area contributed by atoms with Gasteiger partial charge in [0.2, 0.25) is 5.91 Å². The number of aliphatic hydroxyl groups excluding tert-OH is 4. The van der Waals surface area contributed by atoms with Crippen LogP contribution in [0.15, 0.2) is 48.6 Å². The van der Waals surface area contributed by atoms with Gasteiger partial charge in [-0.3, -0.25) is 4.79 Å². The van der Waals surface area contributed by atoms with Gasteiger partial charge in [-0.1, -0.05) is 191 Å². The van der Waals surface area contributed by atoms with Crippen molar-refractivity contribution < 1.29 is 25.2 Å². The molecule has 0 fully saturated rings. The standard InChI is InChI=1S/C50H93NO5/c1-3-5-7-9-11-13-15-16-17-18-19-20-21-22-23-24-25-26-27-28-29-30-31-32-34-35-37-39-41-43-47(53)49(55)46(45-52)51-50(56)48(54)44-42-40-38-36-33-14-12-10-8-6-4-2/h12,14,26-27,30-31,35,37,46-49,52-55H,3-11,13,15-25,28-29,32-34,36,38-45H2,1-2H3,(H,51,56)/b14-12-,27-26+,31-30+,37-35+. The predicted molar refractivity (Wildman–Crippen MR) is 242 cm³/mol. The molecular weight excluding hydrogens is 695 g/mol. The van der Waals surface area contributed by atoms with Crippen LogP contribution in [-0.2, 0) is 4.79 Å². The molecule has 4 unspecified atom stereocenters. The number of hydrogen-bond acceptors (Lipinski definition) is 5. The van der Waals surface area contributed by atoms with Gasteiger partial charge in [-0.05, 0) is 89.9 Å². The summed E-state index contributed by atoms with van der Waals surface area (Å²) in [7, 11) is 0. The van der Waals surface area contributed by atoms with Crippen LogP contribution in [0.25, 0.3) is 0 Å². The third-order valence-corrected chi connectivity index (χ3v) is 11.0. The Morgan fingerprint density at radius 3 is 1.16 bits per heavy atom. The van der Waals surface area contributed by atoms with Gasteiger partial charge in [0.05, 0.1) is 18.8 Å². The highest BCUT2D eigenvalue weighted by atomic mass is 16.3. The molecule has 0 heterocycles. The number of amides is 1. The zero-order chi connectivity index (χ0) is 41.0. The number of rotatable bonds is 43. The van der Waals surface area contributed by atoms with Gasteiger partial charge in [-0.25, -0.2) is 0 Å². The van der Waals surface area contributed by atoms with Gasteiger partial charge in [0.25, 0.3) is 0 Å². The lowest BCUT2D eigenvalue weighted by atomic mass is 10.00. The molecule has 0 rings (SSSR count). The second kappa shape index (κ2) is 44.4. The fraction of sp³-hybridized carbons (Fsp3) is 0.820. The molecule has 0 aromatic carbocycles. The highest BCUT2D eigenvalue weighted by Gasteiger charge is 2.28. The summed E-state index contributed by atoms with van der Waals surface area (Å²) < 4.78 is 0. The lowest BCUT2D eigenvalue weighted by Crippen LogP contribution is -2.53. The lowest BCUT2D eigenvalue weighted by molar-refractivity contribution is -0.132. The topological polar surface area (TPSA) is 110 Å². The van der Waals surface area contributed by atoms with E-state index >= 15 is 0 Å². The maximum Gasteiger partial charge on any atom is 0.249 e. The molecule has 1 amide bonds. The van der Waals surface area contributed by atoms with E-state index in [4.69, 9.17) is 0 Å². The molecule has 0 saturated heterocycles. The Hall–Kier alpha value is -1.73. The maximum absolute atomic E-state index is 12.5. The van der Waals surface area contributed by atoms with E-state index in [2.05, 4.69) is 67.8 Å². The fourth-order valence-corrected chi connectivity index (χ4v) is 7.14. The smallest absolute Gasteiger partial charge is 0.249 e. The summed E-state index contributed by atoms with van der Waals surface area (Å²) in [5.74, 6) is -0.612. The van der Waals surface area contributed by atoms with Crippen molar-refractivity contribution in [3.05, 3.63) is 48.6 Å². The van der Waals surface area contributed by atoms with Crippen molar-refractivity contribution >= 4 is 5.91 Å². The van der Waals surface area contributed by atoms with E-state index in [9.17, 15) is 25.2 Å². The Morgan fingerprint density at radius 1 is 0.429 bits per heavy atom. The summed E-state index contributed by atoms with van der Waals surface area (Å²) in [4.78, 5) is 12.5. The molecule has 0 aliphatic heterocycles. The first-order valence-corrected chi connectivity index (χ1v) is 24.0. The average Bonchev–Trinajstić information content (AvgIpc) is 3.20. The summed E-state index contributed by atoms with van der Waals surface area (Å²) >= 11 is 0. The zero-order valence-electron chi connectivity index (χ0n) is 36.9. The quantitative estimate of drug-likeness (QED) is 0.0312. The van der Waals surface area contributed by atoms with Crippen LogP contribution in [0.1, 0.15) is 232 Å². The van der Waals surface area contributed by atoms with Crippen LogP contribution in [0.2, 0.25) is 0 Å². The minimum Gasteiger partial charge on any atom is -0.394 e. The molecule has 0 saturated carbocycles. The number of unbranched alkanes of at least 4 members (excludes halogenated alkanes) is 26. The van der Waals surface area contributed by atoms with Crippen molar-refractivity contribution in [1.82, 2.24) is 5.32 Å².